The van der Waals surface area contributed by atoms with Gasteiger partial charge in [-0.3, -0.25) is 9.59 Å². The summed E-state index contributed by atoms with van der Waals surface area (Å²) in [6, 6.07) is -0.0343. The first-order valence-corrected chi connectivity index (χ1v) is 9.46. The summed E-state index contributed by atoms with van der Waals surface area (Å²) in [6.45, 7) is 3.62. The van der Waals surface area contributed by atoms with Crippen LogP contribution < -0.4 is 5.32 Å². The fourth-order valence-electron chi connectivity index (χ4n) is 2.97. The molecule has 0 bridgehead atoms. The van der Waals surface area contributed by atoms with E-state index in [1.807, 2.05) is 4.90 Å². The van der Waals surface area contributed by atoms with E-state index < -0.39 is 12.1 Å². The van der Waals surface area contributed by atoms with Crippen LogP contribution in [0.2, 0.25) is 0 Å². The zero-order valence-corrected chi connectivity index (χ0v) is 15.3. The Hall–Kier alpha value is -1.79. The van der Waals surface area contributed by atoms with E-state index in [-0.39, 0.29) is 25.0 Å². The maximum absolute atomic E-state index is 12.0. The van der Waals surface area contributed by atoms with Gasteiger partial charge < -0.3 is 20.1 Å². The Morgan fingerprint density at radius 3 is 2.68 bits per heavy atom. The zero-order chi connectivity index (χ0) is 18.5. The highest BCUT2D eigenvalue weighted by Crippen LogP contribution is 2.20. The minimum absolute atomic E-state index is 0.0343. The number of ether oxygens (including phenoxy) is 1. The highest BCUT2D eigenvalue weighted by atomic mass is 16.5. The number of hydrogen-bond acceptors (Lipinski definition) is 4. The molecule has 2 N–H and O–H groups in total. The summed E-state index contributed by atoms with van der Waals surface area (Å²) < 4.78 is 5.25. The maximum Gasteiger partial charge on any atom is 0.407 e. The minimum atomic E-state index is -0.764. The Bertz CT molecular complexity index is 428. The Morgan fingerprint density at radius 2 is 1.96 bits per heavy atom. The Labute approximate surface area is 150 Å². The molecule has 0 spiro atoms. The lowest BCUT2D eigenvalue weighted by Crippen LogP contribution is -2.38. The molecule has 1 aliphatic heterocycles. The van der Waals surface area contributed by atoms with Crippen molar-refractivity contribution in [2.45, 2.75) is 77.2 Å². The number of hydrogen-bond donors (Lipinski definition) is 2. The molecule has 2 amide bonds. The Morgan fingerprint density at radius 1 is 1.20 bits per heavy atom. The second-order valence-electron chi connectivity index (χ2n) is 6.57. The van der Waals surface area contributed by atoms with Crippen molar-refractivity contribution in [2.75, 3.05) is 19.7 Å². The molecule has 0 aromatic heterocycles. The summed E-state index contributed by atoms with van der Waals surface area (Å²) >= 11 is 0. The van der Waals surface area contributed by atoms with Crippen molar-refractivity contribution in [1.29, 1.82) is 0 Å². The molecule has 0 radical (unpaired) electrons. The topological polar surface area (TPSA) is 95.9 Å². The van der Waals surface area contributed by atoms with Crippen LogP contribution in [0.3, 0.4) is 0 Å². The quantitative estimate of drug-likeness (QED) is 0.495. The summed E-state index contributed by atoms with van der Waals surface area (Å²) in [5.41, 5.74) is 0. The molecule has 1 aliphatic rings. The summed E-state index contributed by atoms with van der Waals surface area (Å²) in [6.07, 6.45) is 7.44. The van der Waals surface area contributed by atoms with Crippen molar-refractivity contribution in [3.05, 3.63) is 0 Å². The van der Waals surface area contributed by atoms with Gasteiger partial charge in [0.05, 0.1) is 6.04 Å². The summed E-state index contributed by atoms with van der Waals surface area (Å²) in [5.74, 6) is -0.651. The van der Waals surface area contributed by atoms with E-state index in [2.05, 4.69) is 12.2 Å². The molecule has 144 valence electrons. The lowest BCUT2D eigenvalue weighted by atomic mass is 10.1. The number of carboxylic acids is 1. The Balaban J connectivity index is 2.18. The fourth-order valence-corrected chi connectivity index (χ4v) is 2.97. The summed E-state index contributed by atoms with van der Waals surface area (Å²) in [4.78, 5) is 35.9. The van der Waals surface area contributed by atoms with Crippen LogP contribution in [0.25, 0.3) is 0 Å². The first-order chi connectivity index (χ1) is 12.0. The van der Waals surface area contributed by atoms with Crippen molar-refractivity contribution in [3.63, 3.8) is 0 Å². The molecule has 0 aliphatic carbocycles. The number of nitrogens with zero attached hydrogens (tertiary/aromatic N) is 1. The van der Waals surface area contributed by atoms with E-state index >= 15 is 0 Å². The number of amides is 2. The van der Waals surface area contributed by atoms with Gasteiger partial charge in [0.1, 0.15) is 6.61 Å². The molecule has 0 saturated carbocycles. The van der Waals surface area contributed by atoms with E-state index in [0.29, 0.717) is 25.9 Å². The van der Waals surface area contributed by atoms with Gasteiger partial charge in [-0.05, 0) is 25.7 Å². The third kappa shape index (κ3) is 9.31. The van der Waals surface area contributed by atoms with Crippen molar-refractivity contribution in [2.24, 2.45) is 0 Å². The predicted octanol–water partition coefficient (Wildman–Crippen LogP) is 2.93. The molecule has 1 rings (SSSR count). The minimum Gasteiger partial charge on any atom is -0.481 e. The largest absolute Gasteiger partial charge is 0.481 e. The molecule has 1 fully saturated rings. The second kappa shape index (κ2) is 12.6. The molecule has 1 heterocycles. The van der Waals surface area contributed by atoms with Crippen LogP contribution in [0.4, 0.5) is 4.79 Å². The molecule has 1 atom stereocenters. The number of nitrogens with one attached hydrogen (secondary N) is 1. The van der Waals surface area contributed by atoms with Crippen LogP contribution in [-0.2, 0) is 14.3 Å². The number of alkyl carbamates (subject to hydrolysis) is 1. The van der Waals surface area contributed by atoms with Crippen LogP contribution >= 0.6 is 0 Å². The lowest BCUT2D eigenvalue weighted by molar-refractivity contribution is -0.137. The third-order valence-corrected chi connectivity index (χ3v) is 4.45. The van der Waals surface area contributed by atoms with Crippen LogP contribution in [0.1, 0.15) is 71.1 Å². The van der Waals surface area contributed by atoms with E-state index in [1.165, 1.54) is 0 Å². The molecule has 0 aromatic rings. The van der Waals surface area contributed by atoms with Crippen molar-refractivity contribution >= 4 is 18.0 Å². The number of unbranched alkanes of at least 4 members (excludes halogenated alkanes) is 5. The number of carbonyl (C=O) groups excluding carboxylic acids is 2. The molecule has 1 saturated heterocycles. The van der Waals surface area contributed by atoms with Gasteiger partial charge >= 0.3 is 12.1 Å². The zero-order valence-electron chi connectivity index (χ0n) is 15.3. The smallest absolute Gasteiger partial charge is 0.407 e. The molecule has 25 heavy (non-hydrogen) atoms. The fraction of sp³-hybridized carbons (Fsp3) is 0.833. The van der Waals surface area contributed by atoms with Crippen LogP contribution in [-0.4, -0.2) is 53.7 Å². The van der Waals surface area contributed by atoms with Gasteiger partial charge in [-0.25, -0.2) is 4.79 Å². The van der Waals surface area contributed by atoms with Gasteiger partial charge in [0, 0.05) is 25.9 Å². The van der Waals surface area contributed by atoms with Crippen molar-refractivity contribution in [3.8, 4) is 0 Å². The van der Waals surface area contributed by atoms with E-state index in [1.54, 1.807) is 0 Å². The lowest BCUT2D eigenvalue weighted by Gasteiger charge is -2.24. The highest BCUT2D eigenvalue weighted by molar-refractivity contribution is 5.78. The number of rotatable bonds is 13. The standard InChI is InChI=1S/C18H32N2O5/c1-2-3-7-12-19-18(24)25-14-15-10-11-16(21)20(15)13-8-5-4-6-9-17(22)23/h15H,2-14H2,1H3,(H,19,24)(H,22,23)/t15-/m1/s1. The molecule has 7 nitrogen and oxygen atoms in total. The van der Waals surface area contributed by atoms with Gasteiger partial charge in [-0.15, -0.1) is 0 Å². The van der Waals surface area contributed by atoms with Gasteiger partial charge in [0.2, 0.25) is 5.91 Å². The maximum atomic E-state index is 12.0. The van der Waals surface area contributed by atoms with Crippen molar-refractivity contribution < 1.29 is 24.2 Å². The number of likely N-dealkylation sites (tertiary alicyclic amines) is 1. The second-order valence-corrected chi connectivity index (χ2v) is 6.57. The van der Waals surface area contributed by atoms with E-state index in [4.69, 9.17) is 9.84 Å². The number of aliphatic carboxylic acids is 1. The van der Waals surface area contributed by atoms with E-state index in [9.17, 15) is 14.4 Å². The predicted molar refractivity (Wildman–Crippen MR) is 94.3 cm³/mol. The van der Waals surface area contributed by atoms with Crippen LogP contribution in [0, 0.1) is 0 Å². The average Bonchev–Trinajstić information content (AvgIpc) is 2.93. The van der Waals surface area contributed by atoms with E-state index in [0.717, 1.165) is 44.9 Å². The molecule has 0 unspecified atom stereocenters. The third-order valence-electron chi connectivity index (χ3n) is 4.45. The number of carbonyl (C=O) groups is 3. The molecular formula is C18H32N2O5. The van der Waals surface area contributed by atoms with Crippen LogP contribution in [0.15, 0.2) is 0 Å². The normalized spacial score (nSPS) is 16.9. The van der Waals surface area contributed by atoms with Gasteiger partial charge in [0.15, 0.2) is 0 Å². The monoisotopic (exact) mass is 356 g/mol. The highest BCUT2D eigenvalue weighted by Gasteiger charge is 2.31. The number of carboxylic acid groups (broad SMARTS) is 1. The molecule has 0 aromatic carbocycles. The molecule has 7 heteroatoms. The molecular weight excluding hydrogens is 324 g/mol. The average molecular weight is 356 g/mol. The Kier molecular flexibility index (Phi) is 10.7. The summed E-state index contributed by atoms with van der Waals surface area (Å²) in [7, 11) is 0. The van der Waals surface area contributed by atoms with Gasteiger partial charge in [0.25, 0.3) is 0 Å². The van der Waals surface area contributed by atoms with Crippen LogP contribution in [0.5, 0.6) is 0 Å². The first kappa shape index (κ1) is 21.3. The summed E-state index contributed by atoms with van der Waals surface area (Å²) in [5, 5.41) is 11.3. The van der Waals surface area contributed by atoms with Gasteiger partial charge in [-0.2, -0.15) is 0 Å². The van der Waals surface area contributed by atoms with Gasteiger partial charge in [-0.1, -0.05) is 32.6 Å². The SMILES string of the molecule is CCCCCNC(=O)OC[C@H]1CCC(=O)N1CCCCCCC(=O)O. The van der Waals surface area contributed by atoms with Crippen molar-refractivity contribution in [1.82, 2.24) is 10.2 Å². The first-order valence-electron chi connectivity index (χ1n) is 9.46.